The first kappa shape index (κ1) is 29.2. The van der Waals surface area contributed by atoms with Crippen molar-refractivity contribution in [3.63, 3.8) is 0 Å². The van der Waals surface area contributed by atoms with Crippen LogP contribution in [0.5, 0.6) is 5.75 Å². The Kier molecular flexibility index (Phi) is 8.46. The molecule has 0 saturated carbocycles. The van der Waals surface area contributed by atoms with Crippen LogP contribution in [0.4, 0.5) is 11.4 Å². The maximum absolute atomic E-state index is 13.8. The van der Waals surface area contributed by atoms with Crippen molar-refractivity contribution < 1.29 is 34.0 Å². The summed E-state index contributed by atoms with van der Waals surface area (Å²) in [4.78, 5) is 39.3. The summed E-state index contributed by atoms with van der Waals surface area (Å²) in [6, 6.07) is 10.7. The van der Waals surface area contributed by atoms with Gasteiger partial charge in [0.25, 0.3) is 5.69 Å². The summed E-state index contributed by atoms with van der Waals surface area (Å²) in [5.41, 5.74) is 3.39. The van der Waals surface area contributed by atoms with Gasteiger partial charge in [-0.25, -0.2) is 4.90 Å². The van der Waals surface area contributed by atoms with Crippen LogP contribution in [0.3, 0.4) is 0 Å². The zero-order chi connectivity index (χ0) is 29.4. The molecular formula is C29H30BBrN2O8. The predicted molar refractivity (Wildman–Crippen MR) is 156 cm³/mol. The second kappa shape index (κ2) is 11.9. The molecule has 2 saturated heterocycles. The van der Waals surface area contributed by atoms with E-state index in [1.807, 2.05) is 19.1 Å². The highest BCUT2D eigenvalue weighted by Gasteiger charge is 2.57. The second-order valence-corrected chi connectivity index (χ2v) is 11.7. The Hall–Kier alpha value is -3.32. The number of allylic oxidation sites excluding steroid dienone is 1. The van der Waals surface area contributed by atoms with Crippen molar-refractivity contribution in [1.29, 1.82) is 0 Å². The minimum absolute atomic E-state index is 0.156. The van der Waals surface area contributed by atoms with E-state index >= 15 is 0 Å². The Morgan fingerprint density at radius 2 is 2.02 bits per heavy atom. The number of halogens is 1. The molecule has 2 N–H and O–H groups in total. The van der Waals surface area contributed by atoms with Gasteiger partial charge in [0.05, 0.1) is 35.2 Å². The number of ether oxygens (including phenoxy) is 1. The Morgan fingerprint density at radius 1 is 1.24 bits per heavy atom. The number of imide groups is 1. The van der Waals surface area contributed by atoms with Crippen LogP contribution < -0.4 is 4.90 Å². The van der Waals surface area contributed by atoms with Gasteiger partial charge in [0.15, 0.2) is 0 Å². The number of phenolic OH excluding ortho intramolecular Hbond substituents is 1. The summed E-state index contributed by atoms with van der Waals surface area (Å²) < 4.78 is 12.4. The molecule has 41 heavy (non-hydrogen) atoms. The Balaban J connectivity index is 1.44. The number of anilines is 1. The average Bonchev–Trinajstić information content (AvgIpc) is 3.18. The number of hydrogen-bond acceptors (Lipinski definition) is 8. The molecule has 0 spiro atoms. The summed E-state index contributed by atoms with van der Waals surface area (Å²) in [6.07, 6.45) is 2.97. The van der Waals surface area contributed by atoms with E-state index in [0.717, 1.165) is 26.1 Å². The van der Waals surface area contributed by atoms with Crippen LogP contribution >= 0.6 is 15.9 Å². The van der Waals surface area contributed by atoms with E-state index < -0.39 is 47.7 Å². The Labute approximate surface area is 246 Å². The largest absolute Gasteiger partial charge is 0.507 e. The van der Waals surface area contributed by atoms with Gasteiger partial charge in [-0.3, -0.25) is 19.7 Å². The van der Waals surface area contributed by atoms with Crippen molar-refractivity contribution in [3.8, 4) is 5.75 Å². The fourth-order valence-corrected chi connectivity index (χ4v) is 6.79. The molecule has 2 aromatic rings. The third-order valence-corrected chi connectivity index (χ3v) is 8.61. The molecule has 5 rings (SSSR count). The topological polar surface area (TPSA) is 139 Å². The van der Waals surface area contributed by atoms with Crippen molar-refractivity contribution in [1.82, 2.24) is 0 Å². The highest BCUT2D eigenvalue weighted by atomic mass is 79.9. The van der Waals surface area contributed by atoms with Crippen LogP contribution in [0.15, 0.2) is 63.7 Å². The van der Waals surface area contributed by atoms with Gasteiger partial charge in [0.1, 0.15) is 5.75 Å². The van der Waals surface area contributed by atoms with E-state index in [1.165, 1.54) is 24.3 Å². The Bertz CT molecular complexity index is 1460. The number of methoxy groups -OCH3 is 1. The normalized spacial score (nSPS) is 24.5. The number of phenols is 1. The number of nitro benzene ring substituents is 1. The number of rotatable bonds is 8. The lowest BCUT2D eigenvalue weighted by Gasteiger charge is -2.43. The fraction of sp³-hybridized carbons (Fsp3) is 0.379. The first-order valence-electron chi connectivity index (χ1n) is 13.4. The minimum atomic E-state index is -1.12. The third-order valence-electron chi connectivity index (χ3n) is 8.12. The van der Waals surface area contributed by atoms with E-state index in [9.17, 15) is 29.8 Å². The minimum Gasteiger partial charge on any atom is -0.507 e. The summed E-state index contributed by atoms with van der Waals surface area (Å²) in [6.45, 7) is 2.21. The predicted octanol–water partition coefficient (Wildman–Crippen LogP) is 4.89. The van der Waals surface area contributed by atoms with Crippen molar-refractivity contribution in [2.45, 2.75) is 38.6 Å². The third kappa shape index (κ3) is 5.74. The van der Waals surface area contributed by atoms with Gasteiger partial charge in [-0.05, 0) is 73.8 Å². The highest BCUT2D eigenvalue weighted by molar-refractivity contribution is 9.10. The van der Waals surface area contributed by atoms with E-state index in [-0.39, 0.29) is 30.1 Å². The van der Waals surface area contributed by atoms with Crippen molar-refractivity contribution in [2.75, 3.05) is 18.6 Å². The molecular weight excluding hydrogens is 595 g/mol. The molecule has 2 amide bonds. The van der Waals surface area contributed by atoms with Gasteiger partial charge in [-0.2, -0.15) is 0 Å². The molecule has 1 aliphatic carbocycles. The van der Waals surface area contributed by atoms with Gasteiger partial charge in [-0.15, -0.1) is 0 Å². The number of hydrogen-bond donors (Lipinski definition) is 2. The van der Waals surface area contributed by atoms with E-state index in [1.54, 1.807) is 19.2 Å². The van der Waals surface area contributed by atoms with Crippen molar-refractivity contribution >= 4 is 52.3 Å². The monoisotopic (exact) mass is 624 g/mol. The van der Waals surface area contributed by atoms with Gasteiger partial charge in [0, 0.05) is 29.3 Å². The summed E-state index contributed by atoms with van der Waals surface area (Å²) >= 11 is 3.42. The number of aromatic hydroxyl groups is 1. The molecule has 214 valence electrons. The molecule has 0 bridgehead atoms. The molecule has 0 aromatic heterocycles. The highest BCUT2D eigenvalue weighted by Crippen LogP contribution is 2.51. The lowest BCUT2D eigenvalue weighted by molar-refractivity contribution is -0.384. The van der Waals surface area contributed by atoms with Crippen LogP contribution in [-0.4, -0.2) is 53.8 Å². The zero-order valence-corrected chi connectivity index (χ0v) is 24.2. The number of carbonyl (C=O) groups excluding carboxylic acids is 2. The molecule has 2 fully saturated rings. The first-order valence-corrected chi connectivity index (χ1v) is 14.2. The van der Waals surface area contributed by atoms with Crippen LogP contribution in [-0.2, 0) is 19.0 Å². The van der Waals surface area contributed by atoms with Gasteiger partial charge in [-0.1, -0.05) is 33.6 Å². The number of nitro groups is 1. The number of fused-ring (bicyclic) bond motifs is 3. The van der Waals surface area contributed by atoms with E-state index in [0.29, 0.717) is 24.8 Å². The summed E-state index contributed by atoms with van der Waals surface area (Å²) in [7, 11) is 0.445. The summed E-state index contributed by atoms with van der Waals surface area (Å²) in [5, 5.41) is 32.3. The molecule has 12 heteroatoms. The number of benzene rings is 2. The molecule has 2 aromatic carbocycles. The number of carbonyl (C=O) groups is 2. The second-order valence-electron chi connectivity index (χ2n) is 10.8. The standard InChI is InChI=1S/C29H30BBrN2O8/c1-16(10-17-11-19(31)7-8-24(17)34)6-9-25-26-18(15-40-2)12-22-27(23(26)14-30(37)41-25)29(36)32(28(22)35)20-4-3-5-21(13-20)33(38)39/h3-5,7-8,10-11,13,22-23,25,27,34,37H,6,9,12,14-15H2,1-2H3/b16-10+/t22-,23+,25-,27-/m1/s1. The van der Waals surface area contributed by atoms with Gasteiger partial charge >= 0.3 is 7.12 Å². The van der Waals surface area contributed by atoms with Crippen LogP contribution in [0.2, 0.25) is 6.32 Å². The molecule has 10 nitrogen and oxygen atoms in total. The average molecular weight is 625 g/mol. The van der Waals surface area contributed by atoms with Crippen LogP contribution in [0.25, 0.3) is 6.08 Å². The Morgan fingerprint density at radius 3 is 2.76 bits per heavy atom. The number of amides is 2. The molecule has 3 aliphatic rings. The lowest BCUT2D eigenvalue weighted by atomic mass is 9.58. The van der Waals surface area contributed by atoms with Crippen LogP contribution in [0.1, 0.15) is 31.7 Å². The van der Waals surface area contributed by atoms with Gasteiger partial charge < -0.3 is 19.5 Å². The van der Waals surface area contributed by atoms with Crippen molar-refractivity contribution in [2.24, 2.45) is 17.8 Å². The maximum Gasteiger partial charge on any atom is 0.455 e. The van der Waals surface area contributed by atoms with Gasteiger partial charge in [0.2, 0.25) is 11.8 Å². The smallest absolute Gasteiger partial charge is 0.455 e. The lowest BCUT2D eigenvalue weighted by Crippen LogP contribution is -2.46. The molecule has 4 atom stereocenters. The van der Waals surface area contributed by atoms with E-state index in [2.05, 4.69) is 15.9 Å². The molecule has 2 aliphatic heterocycles. The van der Waals surface area contributed by atoms with E-state index in [4.69, 9.17) is 9.39 Å². The fourth-order valence-electron chi connectivity index (χ4n) is 6.41. The van der Waals surface area contributed by atoms with Crippen molar-refractivity contribution in [3.05, 3.63) is 79.3 Å². The maximum atomic E-state index is 13.8. The number of non-ortho nitro benzene ring substituents is 1. The first-order chi connectivity index (χ1) is 19.6. The van der Waals surface area contributed by atoms with Crippen LogP contribution in [0, 0.1) is 27.9 Å². The molecule has 2 heterocycles. The quantitative estimate of drug-likeness (QED) is 0.139. The SMILES string of the molecule is COCC1=C2[C@@H](CC/C(C)=C/c3cc(Br)ccc3O)OB(O)C[C@@H]2[C@@H]2C(=O)N(c3cccc([N+](=O)[O-])c3)C(=O)[C@@H]2C1. The zero-order valence-electron chi connectivity index (χ0n) is 22.7. The molecule has 0 radical (unpaired) electrons. The number of nitrogens with zero attached hydrogens (tertiary/aromatic N) is 2. The summed E-state index contributed by atoms with van der Waals surface area (Å²) in [5.74, 6) is -2.47. The molecule has 0 unspecified atom stereocenters.